The van der Waals surface area contributed by atoms with Gasteiger partial charge in [0.15, 0.2) is 0 Å². The van der Waals surface area contributed by atoms with Crippen LogP contribution in [0.25, 0.3) is 0 Å². The third-order valence-corrected chi connectivity index (χ3v) is 4.71. The molecule has 2 heteroatoms. The fraction of sp³-hybridized carbons (Fsp3) is 0.368. The highest BCUT2D eigenvalue weighted by atomic mass is 35.5. The second-order valence-corrected chi connectivity index (χ2v) is 6.70. The van der Waals surface area contributed by atoms with Crippen molar-refractivity contribution in [1.29, 1.82) is 0 Å². The van der Waals surface area contributed by atoms with Crippen LogP contribution in [0.2, 0.25) is 5.02 Å². The first-order valence-electron chi connectivity index (χ1n) is 7.63. The van der Waals surface area contributed by atoms with Gasteiger partial charge in [0, 0.05) is 17.1 Å². The zero-order valence-electron chi connectivity index (χ0n) is 12.9. The summed E-state index contributed by atoms with van der Waals surface area (Å²) in [6.45, 7) is 6.60. The maximum absolute atomic E-state index is 6.09. The molecule has 0 saturated carbocycles. The Hall–Kier alpha value is -1.31. The summed E-state index contributed by atoms with van der Waals surface area (Å²) in [5.41, 5.74) is 6.92. The van der Waals surface area contributed by atoms with Crippen molar-refractivity contribution in [2.45, 2.75) is 45.7 Å². The van der Waals surface area contributed by atoms with Gasteiger partial charge >= 0.3 is 0 Å². The number of hydrogen-bond donors (Lipinski definition) is 1. The number of benzene rings is 2. The zero-order chi connectivity index (χ0) is 15.0. The summed E-state index contributed by atoms with van der Waals surface area (Å²) in [6, 6.07) is 13.9. The molecule has 3 rings (SSSR count). The van der Waals surface area contributed by atoms with Gasteiger partial charge in [-0.05, 0) is 68.0 Å². The summed E-state index contributed by atoms with van der Waals surface area (Å²) >= 11 is 6.09. The normalized spacial score (nSPS) is 18.6. The van der Waals surface area contributed by atoms with Gasteiger partial charge in [-0.3, -0.25) is 0 Å². The van der Waals surface area contributed by atoms with Crippen molar-refractivity contribution >= 4 is 11.6 Å². The minimum absolute atomic E-state index is 0.375. The maximum Gasteiger partial charge on any atom is 0.0408 e. The van der Waals surface area contributed by atoms with Gasteiger partial charge in [0.25, 0.3) is 0 Å². The van der Waals surface area contributed by atoms with E-state index in [0.717, 1.165) is 17.9 Å². The van der Waals surface area contributed by atoms with Crippen LogP contribution in [0.3, 0.4) is 0 Å². The molecule has 0 aliphatic heterocycles. The van der Waals surface area contributed by atoms with Crippen LogP contribution < -0.4 is 5.32 Å². The lowest BCUT2D eigenvalue weighted by molar-refractivity contribution is 0.466. The van der Waals surface area contributed by atoms with Crippen LogP contribution in [0.4, 0.5) is 0 Å². The summed E-state index contributed by atoms with van der Waals surface area (Å²) in [7, 11) is 0. The number of halogens is 1. The first-order chi connectivity index (χ1) is 10.0. The molecule has 0 aromatic heterocycles. The Balaban J connectivity index is 1.71. The van der Waals surface area contributed by atoms with Gasteiger partial charge in [-0.15, -0.1) is 0 Å². The average Bonchev–Trinajstić information content (AvgIpc) is 2.79. The van der Waals surface area contributed by atoms with Gasteiger partial charge in [-0.2, -0.15) is 0 Å². The molecule has 2 atom stereocenters. The van der Waals surface area contributed by atoms with Crippen molar-refractivity contribution in [1.82, 2.24) is 5.32 Å². The Morgan fingerprint density at radius 3 is 2.57 bits per heavy atom. The fourth-order valence-electron chi connectivity index (χ4n) is 3.46. The molecular weight excluding hydrogens is 278 g/mol. The number of aryl methyl sites for hydroxylation is 2. The molecule has 0 bridgehead atoms. The van der Waals surface area contributed by atoms with Crippen LogP contribution >= 0.6 is 11.6 Å². The molecule has 2 aromatic rings. The van der Waals surface area contributed by atoms with Gasteiger partial charge in [-0.1, -0.05) is 41.4 Å². The quantitative estimate of drug-likeness (QED) is 0.860. The Morgan fingerprint density at radius 1 is 1.05 bits per heavy atom. The van der Waals surface area contributed by atoms with Crippen LogP contribution in [0.1, 0.15) is 40.8 Å². The molecule has 0 spiro atoms. The molecule has 1 N–H and O–H groups in total. The number of fused-ring (bicyclic) bond motifs is 1. The SMILES string of the molecule is Cc1ccc(C(C)NC2Cc3ccc(Cl)cc3C2)c(C)c1. The zero-order valence-corrected chi connectivity index (χ0v) is 13.7. The summed E-state index contributed by atoms with van der Waals surface area (Å²) in [5.74, 6) is 0. The van der Waals surface area contributed by atoms with Crippen LogP contribution in [-0.2, 0) is 12.8 Å². The lowest BCUT2D eigenvalue weighted by Gasteiger charge is -2.21. The molecule has 21 heavy (non-hydrogen) atoms. The molecule has 0 heterocycles. The van der Waals surface area contributed by atoms with Crippen molar-refractivity contribution in [3.05, 3.63) is 69.2 Å². The van der Waals surface area contributed by atoms with Crippen LogP contribution in [0.15, 0.2) is 36.4 Å². The van der Waals surface area contributed by atoms with E-state index >= 15 is 0 Å². The summed E-state index contributed by atoms with van der Waals surface area (Å²) in [5, 5.41) is 4.62. The Bertz CT molecular complexity index is 663. The Morgan fingerprint density at radius 2 is 1.81 bits per heavy atom. The molecule has 0 amide bonds. The van der Waals surface area contributed by atoms with Crippen LogP contribution in [-0.4, -0.2) is 6.04 Å². The number of hydrogen-bond acceptors (Lipinski definition) is 1. The predicted octanol–water partition coefficient (Wildman–Crippen LogP) is 4.77. The third-order valence-electron chi connectivity index (χ3n) is 4.48. The van der Waals surface area contributed by atoms with E-state index < -0.39 is 0 Å². The Kier molecular flexibility index (Phi) is 4.05. The van der Waals surface area contributed by atoms with E-state index in [4.69, 9.17) is 11.6 Å². The molecule has 2 aromatic carbocycles. The van der Waals surface area contributed by atoms with Gasteiger partial charge in [0.2, 0.25) is 0 Å². The first-order valence-corrected chi connectivity index (χ1v) is 8.01. The fourth-order valence-corrected chi connectivity index (χ4v) is 3.65. The van der Waals surface area contributed by atoms with Gasteiger partial charge in [-0.25, -0.2) is 0 Å². The summed E-state index contributed by atoms with van der Waals surface area (Å²) in [6.07, 6.45) is 2.17. The minimum atomic E-state index is 0.375. The third kappa shape index (κ3) is 3.14. The number of nitrogens with one attached hydrogen (secondary N) is 1. The second-order valence-electron chi connectivity index (χ2n) is 6.27. The molecule has 0 saturated heterocycles. The first kappa shape index (κ1) is 14.6. The van der Waals surface area contributed by atoms with E-state index in [0.29, 0.717) is 12.1 Å². The van der Waals surface area contributed by atoms with Gasteiger partial charge in [0.05, 0.1) is 0 Å². The van der Waals surface area contributed by atoms with Gasteiger partial charge in [0.1, 0.15) is 0 Å². The highest BCUT2D eigenvalue weighted by molar-refractivity contribution is 6.30. The largest absolute Gasteiger partial charge is 0.307 e. The minimum Gasteiger partial charge on any atom is -0.307 e. The molecule has 0 radical (unpaired) electrons. The van der Waals surface area contributed by atoms with E-state index in [-0.39, 0.29) is 0 Å². The molecule has 1 aliphatic rings. The summed E-state index contributed by atoms with van der Waals surface area (Å²) in [4.78, 5) is 0. The molecule has 2 unspecified atom stereocenters. The monoisotopic (exact) mass is 299 g/mol. The standard InChI is InChI=1S/C19H22ClN/c1-12-4-7-19(13(2)8-12)14(3)21-18-10-15-5-6-17(20)9-16(15)11-18/h4-9,14,18,21H,10-11H2,1-3H3. The molecular formula is C19H22ClN. The topological polar surface area (TPSA) is 12.0 Å². The molecule has 110 valence electrons. The van der Waals surface area contributed by atoms with E-state index in [1.807, 2.05) is 6.07 Å². The van der Waals surface area contributed by atoms with Crippen molar-refractivity contribution in [3.63, 3.8) is 0 Å². The smallest absolute Gasteiger partial charge is 0.0408 e. The predicted molar refractivity (Wildman–Crippen MR) is 90.1 cm³/mol. The summed E-state index contributed by atoms with van der Waals surface area (Å²) < 4.78 is 0. The van der Waals surface area contributed by atoms with E-state index in [9.17, 15) is 0 Å². The van der Waals surface area contributed by atoms with Crippen molar-refractivity contribution < 1.29 is 0 Å². The molecule has 0 fully saturated rings. The van der Waals surface area contributed by atoms with E-state index in [1.165, 1.54) is 27.8 Å². The maximum atomic E-state index is 6.09. The number of rotatable bonds is 3. The molecule has 1 nitrogen and oxygen atoms in total. The molecule has 1 aliphatic carbocycles. The van der Waals surface area contributed by atoms with Crippen molar-refractivity contribution in [3.8, 4) is 0 Å². The van der Waals surface area contributed by atoms with E-state index in [2.05, 4.69) is 56.4 Å². The average molecular weight is 300 g/mol. The lowest BCUT2D eigenvalue weighted by Crippen LogP contribution is -2.32. The lowest BCUT2D eigenvalue weighted by atomic mass is 9.99. The van der Waals surface area contributed by atoms with Crippen LogP contribution in [0, 0.1) is 13.8 Å². The van der Waals surface area contributed by atoms with Crippen molar-refractivity contribution in [2.24, 2.45) is 0 Å². The second kappa shape index (κ2) is 5.82. The van der Waals surface area contributed by atoms with E-state index in [1.54, 1.807) is 0 Å². The highest BCUT2D eigenvalue weighted by Gasteiger charge is 2.23. The van der Waals surface area contributed by atoms with Crippen molar-refractivity contribution in [2.75, 3.05) is 0 Å². The highest BCUT2D eigenvalue weighted by Crippen LogP contribution is 2.27. The van der Waals surface area contributed by atoms with Crippen LogP contribution in [0.5, 0.6) is 0 Å². The van der Waals surface area contributed by atoms with Gasteiger partial charge < -0.3 is 5.32 Å². The Labute approximate surface area is 132 Å².